The van der Waals surface area contributed by atoms with Gasteiger partial charge in [0.15, 0.2) is 0 Å². The van der Waals surface area contributed by atoms with E-state index in [-0.39, 0.29) is 11.8 Å². The Morgan fingerprint density at radius 1 is 1.47 bits per heavy atom. The zero-order valence-electron chi connectivity index (χ0n) is 9.66. The lowest BCUT2D eigenvalue weighted by Gasteiger charge is -2.41. The molecule has 0 aromatic heterocycles. The minimum Gasteiger partial charge on any atom is -0.383 e. The zero-order valence-corrected chi connectivity index (χ0v) is 9.66. The van der Waals surface area contributed by atoms with Crippen molar-refractivity contribution < 1.29 is 14.3 Å². The summed E-state index contributed by atoms with van der Waals surface area (Å²) in [4.78, 5) is 25.1. The number of nitrogens with one attached hydrogen (secondary N) is 1. The molecule has 0 aliphatic carbocycles. The summed E-state index contributed by atoms with van der Waals surface area (Å²) in [5.41, 5.74) is -0.808. The molecular formula is C10H18N2O3. The summed E-state index contributed by atoms with van der Waals surface area (Å²) in [5.74, 6) is -0.178. The molecular weight excluding hydrogens is 196 g/mol. The van der Waals surface area contributed by atoms with Crippen LogP contribution in [0.15, 0.2) is 0 Å². The number of carbonyl (C=O) groups excluding carboxylic acids is 2. The Morgan fingerprint density at radius 2 is 2.07 bits per heavy atom. The number of ether oxygens (including phenoxy) is 1. The van der Waals surface area contributed by atoms with E-state index < -0.39 is 11.6 Å². The number of piperazine rings is 1. The average molecular weight is 214 g/mol. The van der Waals surface area contributed by atoms with Crippen LogP contribution in [-0.2, 0) is 14.3 Å². The molecule has 86 valence electrons. The molecule has 1 unspecified atom stereocenters. The topological polar surface area (TPSA) is 58.6 Å². The SMILES string of the molecule is COCCN1C(=O)C(C)(C)NC(=O)C1C. The van der Waals surface area contributed by atoms with E-state index in [4.69, 9.17) is 4.74 Å². The van der Waals surface area contributed by atoms with Gasteiger partial charge in [0.25, 0.3) is 0 Å². The molecule has 0 bridgehead atoms. The Morgan fingerprint density at radius 3 is 2.60 bits per heavy atom. The van der Waals surface area contributed by atoms with E-state index in [2.05, 4.69) is 5.32 Å². The minimum absolute atomic E-state index is 0.0633. The highest BCUT2D eigenvalue weighted by atomic mass is 16.5. The number of carbonyl (C=O) groups is 2. The van der Waals surface area contributed by atoms with Crippen molar-refractivity contribution in [2.75, 3.05) is 20.3 Å². The predicted molar refractivity (Wildman–Crippen MR) is 55.3 cm³/mol. The van der Waals surface area contributed by atoms with Crippen LogP contribution in [0.3, 0.4) is 0 Å². The van der Waals surface area contributed by atoms with Crippen LogP contribution in [0.4, 0.5) is 0 Å². The first kappa shape index (κ1) is 12.0. The average Bonchev–Trinajstić information content (AvgIpc) is 2.15. The molecule has 1 rings (SSSR count). The van der Waals surface area contributed by atoms with E-state index in [0.29, 0.717) is 13.2 Å². The summed E-state index contributed by atoms with van der Waals surface area (Å²) in [6, 6.07) is -0.416. The van der Waals surface area contributed by atoms with E-state index in [1.54, 1.807) is 32.8 Å². The minimum atomic E-state index is -0.808. The van der Waals surface area contributed by atoms with Crippen molar-refractivity contribution in [1.29, 1.82) is 0 Å². The molecule has 5 nitrogen and oxygen atoms in total. The molecule has 1 fully saturated rings. The molecule has 1 saturated heterocycles. The van der Waals surface area contributed by atoms with Crippen LogP contribution in [0.1, 0.15) is 20.8 Å². The predicted octanol–water partition coefficient (Wildman–Crippen LogP) is -0.242. The quantitative estimate of drug-likeness (QED) is 0.705. The fraction of sp³-hybridized carbons (Fsp3) is 0.800. The van der Waals surface area contributed by atoms with E-state index >= 15 is 0 Å². The maximum atomic E-state index is 12.0. The molecule has 1 N–H and O–H groups in total. The van der Waals surface area contributed by atoms with Crippen LogP contribution >= 0.6 is 0 Å². The number of nitrogens with zero attached hydrogens (tertiary/aromatic N) is 1. The Labute approximate surface area is 89.8 Å². The summed E-state index contributed by atoms with van der Waals surface area (Å²) in [5, 5.41) is 2.69. The summed E-state index contributed by atoms with van der Waals surface area (Å²) < 4.78 is 4.92. The normalized spacial score (nSPS) is 25.3. The highest BCUT2D eigenvalue weighted by Crippen LogP contribution is 2.17. The fourth-order valence-electron chi connectivity index (χ4n) is 1.63. The number of rotatable bonds is 3. The first-order valence-electron chi connectivity index (χ1n) is 5.02. The largest absolute Gasteiger partial charge is 0.383 e. The van der Waals surface area contributed by atoms with Gasteiger partial charge in [-0.1, -0.05) is 0 Å². The third kappa shape index (κ3) is 2.28. The van der Waals surface area contributed by atoms with Gasteiger partial charge in [0, 0.05) is 13.7 Å². The van der Waals surface area contributed by atoms with Crippen LogP contribution < -0.4 is 5.32 Å². The van der Waals surface area contributed by atoms with Crippen molar-refractivity contribution in [3.05, 3.63) is 0 Å². The summed E-state index contributed by atoms with van der Waals surface area (Å²) in [7, 11) is 1.57. The van der Waals surface area contributed by atoms with E-state index in [1.165, 1.54) is 0 Å². The molecule has 5 heteroatoms. The third-order valence-corrected chi connectivity index (χ3v) is 2.61. The van der Waals surface area contributed by atoms with Gasteiger partial charge in [-0.15, -0.1) is 0 Å². The molecule has 1 heterocycles. The molecule has 0 spiro atoms. The fourth-order valence-corrected chi connectivity index (χ4v) is 1.63. The Hall–Kier alpha value is -1.10. The summed E-state index contributed by atoms with van der Waals surface area (Å²) in [6.45, 7) is 6.03. The van der Waals surface area contributed by atoms with Crippen LogP contribution in [0.2, 0.25) is 0 Å². The second-order valence-electron chi connectivity index (χ2n) is 4.28. The zero-order chi connectivity index (χ0) is 11.6. The molecule has 15 heavy (non-hydrogen) atoms. The maximum absolute atomic E-state index is 12.0. The van der Waals surface area contributed by atoms with Gasteiger partial charge in [0.05, 0.1) is 6.61 Å². The van der Waals surface area contributed by atoms with Crippen LogP contribution in [-0.4, -0.2) is 48.6 Å². The molecule has 0 aromatic rings. The van der Waals surface area contributed by atoms with Crippen molar-refractivity contribution in [3.8, 4) is 0 Å². The maximum Gasteiger partial charge on any atom is 0.248 e. The van der Waals surface area contributed by atoms with E-state index in [1.807, 2.05) is 0 Å². The van der Waals surface area contributed by atoms with Crippen molar-refractivity contribution in [2.45, 2.75) is 32.4 Å². The van der Waals surface area contributed by atoms with Crippen molar-refractivity contribution >= 4 is 11.8 Å². The molecule has 0 aromatic carbocycles. The highest BCUT2D eigenvalue weighted by molar-refractivity contribution is 5.99. The van der Waals surface area contributed by atoms with Crippen molar-refractivity contribution in [2.24, 2.45) is 0 Å². The molecule has 1 aliphatic rings. The summed E-state index contributed by atoms with van der Waals surface area (Å²) in [6.07, 6.45) is 0. The van der Waals surface area contributed by atoms with Gasteiger partial charge in [-0.05, 0) is 20.8 Å². The molecule has 1 atom stereocenters. The lowest BCUT2D eigenvalue weighted by atomic mass is 9.97. The Kier molecular flexibility index (Phi) is 3.34. The number of hydrogen-bond donors (Lipinski definition) is 1. The third-order valence-electron chi connectivity index (χ3n) is 2.61. The van der Waals surface area contributed by atoms with Gasteiger partial charge < -0.3 is 15.0 Å². The van der Waals surface area contributed by atoms with Gasteiger partial charge >= 0.3 is 0 Å². The van der Waals surface area contributed by atoms with Crippen LogP contribution in [0.25, 0.3) is 0 Å². The van der Waals surface area contributed by atoms with Gasteiger partial charge in [0.1, 0.15) is 11.6 Å². The smallest absolute Gasteiger partial charge is 0.248 e. The number of amides is 2. The lowest BCUT2D eigenvalue weighted by Crippen LogP contribution is -2.67. The van der Waals surface area contributed by atoms with Gasteiger partial charge in [-0.25, -0.2) is 0 Å². The van der Waals surface area contributed by atoms with E-state index in [9.17, 15) is 9.59 Å². The molecule has 0 saturated carbocycles. The first-order valence-corrected chi connectivity index (χ1v) is 5.02. The Balaban J connectivity index is 2.81. The number of hydrogen-bond acceptors (Lipinski definition) is 3. The van der Waals surface area contributed by atoms with Gasteiger partial charge in [0.2, 0.25) is 11.8 Å². The summed E-state index contributed by atoms with van der Waals surface area (Å²) >= 11 is 0. The lowest BCUT2D eigenvalue weighted by molar-refractivity contribution is -0.153. The van der Waals surface area contributed by atoms with Crippen LogP contribution in [0, 0.1) is 0 Å². The number of methoxy groups -OCH3 is 1. The van der Waals surface area contributed by atoms with Gasteiger partial charge in [-0.2, -0.15) is 0 Å². The van der Waals surface area contributed by atoms with Gasteiger partial charge in [-0.3, -0.25) is 9.59 Å². The Bertz CT molecular complexity index is 276. The van der Waals surface area contributed by atoms with Crippen molar-refractivity contribution in [1.82, 2.24) is 10.2 Å². The van der Waals surface area contributed by atoms with Crippen molar-refractivity contribution in [3.63, 3.8) is 0 Å². The van der Waals surface area contributed by atoms with E-state index in [0.717, 1.165) is 0 Å². The van der Waals surface area contributed by atoms with Crippen LogP contribution in [0.5, 0.6) is 0 Å². The second kappa shape index (κ2) is 4.18. The second-order valence-corrected chi connectivity index (χ2v) is 4.28. The monoisotopic (exact) mass is 214 g/mol. The standard InChI is InChI=1S/C10H18N2O3/c1-7-8(13)11-10(2,3)9(14)12(7)5-6-15-4/h7H,5-6H2,1-4H3,(H,11,13). The highest BCUT2D eigenvalue weighted by Gasteiger charge is 2.42. The molecule has 2 amide bonds. The molecule has 1 aliphatic heterocycles. The molecule has 0 radical (unpaired) electrons. The first-order chi connectivity index (χ1) is 6.90.